The van der Waals surface area contributed by atoms with Gasteiger partial charge in [-0.1, -0.05) is 12.1 Å². The first-order valence-corrected chi connectivity index (χ1v) is 8.25. The van der Waals surface area contributed by atoms with E-state index in [0.29, 0.717) is 6.10 Å². The Labute approximate surface area is 132 Å². The third-order valence-electron chi connectivity index (χ3n) is 4.35. The first-order chi connectivity index (χ1) is 10.7. The van der Waals surface area contributed by atoms with E-state index in [1.807, 2.05) is 24.3 Å². The highest BCUT2D eigenvalue weighted by Crippen LogP contribution is 2.17. The predicted molar refractivity (Wildman–Crippen MR) is 88.8 cm³/mol. The molecular weight excluding hydrogens is 274 g/mol. The molecule has 1 atom stereocenters. The van der Waals surface area contributed by atoms with Crippen molar-refractivity contribution in [2.45, 2.75) is 45.3 Å². The average Bonchev–Trinajstić information content (AvgIpc) is 3.01. The van der Waals surface area contributed by atoms with Gasteiger partial charge in [-0.25, -0.2) is 9.97 Å². The standard InChI is InChI=1S/C18H25N3O/c1-14-18(20-17-10-4-3-9-16(17)19-14)13-21(2)11-5-7-15-8-6-12-22-15/h3-4,9-10,15H,5-8,11-13H2,1-2H3/t15-/m0/s1. The van der Waals surface area contributed by atoms with Crippen LogP contribution in [0.2, 0.25) is 0 Å². The summed E-state index contributed by atoms with van der Waals surface area (Å²) in [5.74, 6) is 0. The molecule has 4 heteroatoms. The van der Waals surface area contributed by atoms with Crippen LogP contribution >= 0.6 is 0 Å². The van der Waals surface area contributed by atoms with Gasteiger partial charge in [0, 0.05) is 13.2 Å². The van der Waals surface area contributed by atoms with Crippen LogP contribution in [0.25, 0.3) is 11.0 Å². The Bertz CT molecular complexity index is 623. The fourth-order valence-electron chi connectivity index (χ4n) is 3.07. The molecule has 0 N–H and O–H groups in total. The number of fused-ring (bicyclic) bond motifs is 1. The van der Waals surface area contributed by atoms with Crippen LogP contribution in [0, 0.1) is 6.92 Å². The largest absolute Gasteiger partial charge is 0.378 e. The van der Waals surface area contributed by atoms with E-state index in [9.17, 15) is 0 Å². The highest BCUT2D eigenvalue weighted by atomic mass is 16.5. The lowest BCUT2D eigenvalue weighted by Gasteiger charge is -2.18. The first kappa shape index (κ1) is 15.4. The normalized spacial score (nSPS) is 18.4. The Morgan fingerprint density at radius 1 is 1.23 bits per heavy atom. The molecule has 0 unspecified atom stereocenters. The lowest BCUT2D eigenvalue weighted by molar-refractivity contribution is 0.0994. The van der Waals surface area contributed by atoms with Crippen LogP contribution in [0.15, 0.2) is 24.3 Å². The molecule has 118 valence electrons. The highest BCUT2D eigenvalue weighted by molar-refractivity contribution is 5.74. The van der Waals surface area contributed by atoms with Gasteiger partial charge in [-0.05, 0) is 58.3 Å². The van der Waals surface area contributed by atoms with Crippen LogP contribution < -0.4 is 0 Å². The maximum atomic E-state index is 5.68. The SMILES string of the molecule is Cc1nc2ccccc2nc1CN(C)CCC[C@H]1CCCO1. The number of para-hydroxylation sites is 2. The predicted octanol–water partition coefficient (Wildman–Crippen LogP) is 3.33. The molecule has 3 rings (SSSR count). The van der Waals surface area contributed by atoms with Crippen molar-refractivity contribution in [2.24, 2.45) is 0 Å². The molecule has 0 radical (unpaired) electrons. The van der Waals surface area contributed by atoms with Gasteiger partial charge in [-0.2, -0.15) is 0 Å². The van der Waals surface area contributed by atoms with Crippen molar-refractivity contribution in [3.05, 3.63) is 35.7 Å². The molecule has 0 spiro atoms. The third kappa shape index (κ3) is 3.81. The van der Waals surface area contributed by atoms with Crippen LogP contribution in [-0.2, 0) is 11.3 Å². The smallest absolute Gasteiger partial charge is 0.0890 e. The minimum absolute atomic E-state index is 0.496. The van der Waals surface area contributed by atoms with E-state index in [1.165, 1.54) is 25.7 Å². The summed E-state index contributed by atoms with van der Waals surface area (Å²) in [5.41, 5.74) is 4.07. The van der Waals surface area contributed by atoms with Crippen LogP contribution in [-0.4, -0.2) is 41.2 Å². The number of benzene rings is 1. The maximum absolute atomic E-state index is 5.68. The number of rotatable bonds is 6. The molecule has 1 aromatic heterocycles. The molecule has 1 aliphatic rings. The summed E-state index contributed by atoms with van der Waals surface area (Å²) in [4.78, 5) is 11.8. The monoisotopic (exact) mass is 299 g/mol. The third-order valence-corrected chi connectivity index (χ3v) is 4.35. The van der Waals surface area contributed by atoms with E-state index in [2.05, 4.69) is 23.9 Å². The van der Waals surface area contributed by atoms with E-state index < -0.39 is 0 Å². The van der Waals surface area contributed by atoms with Gasteiger partial charge in [0.1, 0.15) is 0 Å². The highest BCUT2D eigenvalue weighted by Gasteiger charge is 2.15. The van der Waals surface area contributed by atoms with Crippen molar-refractivity contribution in [3.63, 3.8) is 0 Å². The molecule has 1 aliphatic heterocycles. The molecule has 2 heterocycles. The van der Waals surface area contributed by atoms with Gasteiger partial charge >= 0.3 is 0 Å². The zero-order valence-corrected chi connectivity index (χ0v) is 13.6. The molecule has 22 heavy (non-hydrogen) atoms. The van der Waals surface area contributed by atoms with Gasteiger partial charge in [-0.15, -0.1) is 0 Å². The van der Waals surface area contributed by atoms with Crippen molar-refractivity contribution in [1.29, 1.82) is 0 Å². The Kier molecular flexibility index (Phi) is 5.01. The lowest BCUT2D eigenvalue weighted by Crippen LogP contribution is -2.22. The topological polar surface area (TPSA) is 38.2 Å². The van der Waals surface area contributed by atoms with Gasteiger partial charge < -0.3 is 9.64 Å². The summed E-state index contributed by atoms with van der Waals surface area (Å²) in [6.45, 7) is 4.93. The molecule has 4 nitrogen and oxygen atoms in total. The zero-order valence-electron chi connectivity index (χ0n) is 13.6. The molecule has 0 amide bonds. The van der Waals surface area contributed by atoms with E-state index >= 15 is 0 Å². The second kappa shape index (κ2) is 7.16. The zero-order chi connectivity index (χ0) is 15.4. The van der Waals surface area contributed by atoms with Gasteiger partial charge in [-0.3, -0.25) is 0 Å². The number of hydrogen-bond acceptors (Lipinski definition) is 4. The van der Waals surface area contributed by atoms with Crippen LogP contribution in [0.4, 0.5) is 0 Å². The number of aromatic nitrogens is 2. The lowest BCUT2D eigenvalue weighted by atomic mass is 10.1. The quantitative estimate of drug-likeness (QED) is 0.820. The molecular formula is C18H25N3O. The fraction of sp³-hybridized carbons (Fsp3) is 0.556. The Morgan fingerprint density at radius 3 is 2.73 bits per heavy atom. The van der Waals surface area contributed by atoms with Crippen molar-refractivity contribution in [1.82, 2.24) is 14.9 Å². The van der Waals surface area contributed by atoms with Crippen molar-refractivity contribution in [2.75, 3.05) is 20.2 Å². The molecule has 1 fully saturated rings. The summed E-state index contributed by atoms with van der Waals surface area (Å²) in [6.07, 6.45) is 5.31. The van der Waals surface area contributed by atoms with Crippen molar-refractivity contribution < 1.29 is 4.74 Å². The van der Waals surface area contributed by atoms with Gasteiger partial charge in [0.25, 0.3) is 0 Å². The molecule has 1 aromatic carbocycles. The van der Waals surface area contributed by atoms with Crippen LogP contribution in [0.5, 0.6) is 0 Å². The van der Waals surface area contributed by atoms with Gasteiger partial charge in [0.15, 0.2) is 0 Å². The Hall–Kier alpha value is -1.52. The summed E-state index contributed by atoms with van der Waals surface area (Å²) in [6, 6.07) is 8.07. The van der Waals surface area contributed by atoms with E-state index in [1.54, 1.807) is 0 Å². The molecule has 2 aromatic rings. The van der Waals surface area contributed by atoms with Crippen LogP contribution in [0.1, 0.15) is 37.1 Å². The molecule has 0 saturated carbocycles. The molecule has 1 saturated heterocycles. The number of hydrogen-bond donors (Lipinski definition) is 0. The number of aryl methyl sites for hydroxylation is 1. The summed E-state index contributed by atoms with van der Waals surface area (Å²) >= 11 is 0. The van der Waals surface area contributed by atoms with Gasteiger partial charge in [0.05, 0.1) is 28.5 Å². The minimum Gasteiger partial charge on any atom is -0.378 e. The Morgan fingerprint density at radius 2 is 2.00 bits per heavy atom. The molecule has 0 bridgehead atoms. The fourth-order valence-corrected chi connectivity index (χ4v) is 3.07. The molecule has 0 aliphatic carbocycles. The number of nitrogens with zero attached hydrogens (tertiary/aromatic N) is 3. The maximum Gasteiger partial charge on any atom is 0.0890 e. The Balaban J connectivity index is 1.56. The second-order valence-electron chi connectivity index (χ2n) is 6.26. The first-order valence-electron chi connectivity index (χ1n) is 8.25. The van der Waals surface area contributed by atoms with Crippen molar-refractivity contribution >= 4 is 11.0 Å². The van der Waals surface area contributed by atoms with E-state index in [0.717, 1.165) is 42.1 Å². The second-order valence-corrected chi connectivity index (χ2v) is 6.26. The van der Waals surface area contributed by atoms with Crippen molar-refractivity contribution in [3.8, 4) is 0 Å². The van der Waals surface area contributed by atoms with Gasteiger partial charge in [0.2, 0.25) is 0 Å². The minimum atomic E-state index is 0.496. The van der Waals surface area contributed by atoms with E-state index in [-0.39, 0.29) is 0 Å². The van der Waals surface area contributed by atoms with E-state index in [4.69, 9.17) is 9.72 Å². The summed E-state index contributed by atoms with van der Waals surface area (Å²) < 4.78 is 5.68. The van der Waals surface area contributed by atoms with Crippen LogP contribution in [0.3, 0.4) is 0 Å². The summed E-state index contributed by atoms with van der Waals surface area (Å²) in [7, 11) is 2.16. The number of ether oxygens (including phenoxy) is 1. The summed E-state index contributed by atoms with van der Waals surface area (Å²) in [5, 5.41) is 0. The average molecular weight is 299 g/mol.